The topological polar surface area (TPSA) is 56.0 Å². The van der Waals surface area contributed by atoms with Crippen LogP contribution in [-0.2, 0) is 0 Å². The standard InChI is InChI=1S/C14H8BrN5/c15-9-2-3-10-11(6-9)19-12(7-17-10)13-8-18-14-16-4-1-5-20(13)14/h1-8H. The first-order valence-corrected chi connectivity index (χ1v) is 6.81. The molecule has 3 heterocycles. The predicted molar refractivity (Wildman–Crippen MR) is 79.2 cm³/mol. The molecule has 0 N–H and O–H groups in total. The van der Waals surface area contributed by atoms with Gasteiger partial charge in [-0.15, -0.1) is 0 Å². The van der Waals surface area contributed by atoms with E-state index in [0.29, 0.717) is 5.78 Å². The molecule has 4 rings (SSSR count). The second-order valence-electron chi connectivity index (χ2n) is 4.32. The molecule has 0 radical (unpaired) electrons. The van der Waals surface area contributed by atoms with Crippen LogP contribution >= 0.6 is 15.9 Å². The minimum Gasteiger partial charge on any atom is -0.282 e. The number of nitrogens with zero attached hydrogens (tertiary/aromatic N) is 5. The van der Waals surface area contributed by atoms with Crippen LogP contribution in [-0.4, -0.2) is 24.3 Å². The Bertz CT molecular complexity index is 931. The lowest BCUT2D eigenvalue weighted by molar-refractivity contribution is 1.10. The highest BCUT2D eigenvalue weighted by Gasteiger charge is 2.09. The highest BCUT2D eigenvalue weighted by atomic mass is 79.9. The van der Waals surface area contributed by atoms with Crippen molar-refractivity contribution in [1.82, 2.24) is 24.3 Å². The lowest BCUT2D eigenvalue weighted by Crippen LogP contribution is -1.93. The van der Waals surface area contributed by atoms with Gasteiger partial charge in [-0.05, 0) is 24.3 Å². The van der Waals surface area contributed by atoms with Gasteiger partial charge in [-0.25, -0.2) is 15.0 Å². The maximum absolute atomic E-state index is 4.65. The van der Waals surface area contributed by atoms with Gasteiger partial charge < -0.3 is 0 Å². The summed E-state index contributed by atoms with van der Waals surface area (Å²) in [5, 5.41) is 0. The summed E-state index contributed by atoms with van der Waals surface area (Å²) in [7, 11) is 0. The average molecular weight is 326 g/mol. The minimum absolute atomic E-state index is 0.652. The van der Waals surface area contributed by atoms with E-state index in [1.54, 1.807) is 18.6 Å². The number of benzene rings is 1. The second kappa shape index (κ2) is 4.35. The number of fused-ring (bicyclic) bond motifs is 2. The Morgan fingerprint density at radius 3 is 2.90 bits per heavy atom. The Morgan fingerprint density at radius 1 is 1.00 bits per heavy atom. The van der Waals surface area contributed by atoms with E-state index in [4.69, 9.17) is 0 Å². The summed E-state index contributed by atoms with van der Waals surface area (Å²) < 4.78 is 2.88. The van der Waals surface area contributed by atoms with E-state index in [1.807, 2.05) is 34.9 Å². The Kier molecular flexibility index (Phi) is 2.50. The molecule has 0 saturated heterocycles. The molecule has 3 aromatic heterocycles. The molecular weight excluding hydrogens is 318 g/mol. The first-order valence-electron chi connectivity index (χ1n) is 6.02. The highest BCUT2D eigenvalue weighted by Crippen LogP contribution is 2.21. The van der Waals surface area contributed by atoms with Crippen LogP contribution < -0.4 is 0 Å². The monoisotopic (exact) mass is 325 g/mol. The number of imidazole rings is 1. The summed E-state index contributed by atoms with van der Waals surface area (Å²) in [6.45, 7) is 0. The summed E-state index contributed by atoms with van der Waals surface area (Å²) in [5.41, 5.74) is 3.36. The van der Waals surface area contributed by atoms with E-state index in [0.717, 1.165) is 26.9 Å². The minimum atomic E-state index is 0.652. The predicted octanol–water partition coefficient (Wildman–Crippen LogP) is 3.10. The summed E-state index contributed by atoms with van der Waals surface area (Å²) >= 11 is 3.45. The second-order valence-corrected chi connectivity index (χ2v) is 5.24. The van der Waals surface area contributed by atoms with Gasteiger partial charge in [-0.3, -0.25) is 9.38 Å². The van der Waals surface area contributed by atoms with Crippen molar-refractivity contribution in [1.29, 1.82) is 0 Å². The molecule has 0 amide bonds. The molecular formula is C14H8BrN5. The van der Waals surface area contributed by atoms with Crippen molar-refractivity contribution in [3.8, 4) is 11.4 Å². The van der Waals surface area contributed by atoms with Crippen LogP contribution in [0.2, 0.25) is 0 Å². The van der Waals surface area contributed by atoms with Crippen molar-refractivity contribution in [3.05, 3.63) is 53.5 Å². The summed E-state index contributed by atoms with van der Waals surface area (Å²) in [5.74, 6) is 0.652. The van der Waals surface area contributed by atoms with Crippen molar-refractivity contribution in [3.63, 3.8) is 0 Å². The summed E-state index contributed by atoms with van der Waals surface area (Å²) in [4.78, 5) is 17.6. The molecule has 0 spiro atoms. The van der Waals surface area contributed by atoms with Crippen molar-refractivity contribution < 1.29 is 0 Å². The zero-order valence-electron chi connectivity index (χ0n) is 10.2. The molecule has 0 aliphatic heterocycles. The first kappa shape index (κ1) is 11.5. The first-order chi connectivity index (χ1) is 9.81. The van der Waals surface area contributed by atoms with Gasteiger partial charge in [0, 0.05) is 16.9 Å². The van der Waals surface area contributed by atoms with Gasteiger partial charge in [0.2, 0.25) is 5.78 Å². The van der Waals surface area contributed by atoms with E-state index in [9.17, 15) is 0 Å². The Balaban J connectivity index is 1.97. The maximum atomic E-state index is 4.65. The van der Waals surface area contributed by atoms with Crippen LogP contribution in [0.3, 0.4) is 0 Å². The van der Waals surface area contributed by atoms with Crippen LogP contribution in [0.5, 0.6) is 0 Å². The molecule has 0 atom stereocenters. The van der Waals surface area contributed by atoms with Crippen LogP contribution in [0.15, 0.2) is 53.5 Å². The fourth-order valence-electron chi connectivity index (χ4n) is 2.13. The lowest BCUT2D eigenvalue weighted by atomic mass is 10.2. The molecule has 0 aliphatic rings. The molecule has 0 saturated carbocycles. The van der Waals surface area contributed by atoms with Gasteiger partial charge in [0.25, 0.3) is 0 Å². The number of hydrogen-bond acceptors (Lipinski definition) is 4. The molecule has 5 nitrogen and oxygen atoms in total. The van der Waals surface area contributed by atoms with Gasteiger partial charge in [0.15, 0.2) is 0 Å². The van der Waals surface area contributed by atoms with E-state index >= 15 is 0 Å². The van der Waals surface area contributed by atoms with E-state index < -0.39 is 0 Å². The fourth-order valence-corrected chi connectivity index (χ4v) is 2.47. The Labute approximate surface area is 122 Å². The largest absolute Gasteiger partial charge is 0.282 e. The molecule has 1 aromatic carbocycles. The van der Waals surface area contributed by atoms with Gasteiger partial charge in [-0.1, -0.05) is 15.9 Å². The quantitative estimate of drug-likeness (QED) is 0.539. The zero-order valence-corrected chi connectivity index (χ0v) is 11.8. The molecule has 20 heavy (non-hydrogen) atoms. The number of halogens is 1. The van der Waals surface area contributed by atoms with Crippen LogP contribution in [0, 0.1) is 0 Å². The van der Waals surface area contributed by atoms with Crippen molar-refractivity contribution in [2.45, 2.75) is 0 Å². The maximum Gasteiger partial charge on any atom is 0.234 e. The Morgan fingerprint density at radius 2 is 1.95 bits per heavy atom. The Hall–Kier alpha value is -2.34. The van der Waals surface area contributed by atoms with Gasteiger partial charge >= 0.3 is 0 Å². The number of aromatic nitrogens is 5. The van der Waals surface area contributed by atoms with Crippen LogP contribution in [0.1, 0.15) is 0 Å². The SMILES string of the molecule is Brc1ccc2ncc(-c3cnc4ncccn34)nc2c1. The van der Waals surface area contributed by atoms with Crippen LogP contribution in [0.4, 0.5) is 0 Å². The van der Waals surface area contributed by atoms with Crippen molar-refractivity contribution in [2.24, 2.45) is 0 Å². The van der Waals surface area contributed by atoms with E-state index in [-0.39, 0.29) is 0 Å². The molecule has 4 aromatic rings. The van der Waals surface area contributed by atoms with Gasteiger partial charge in [-0.2, -0.15) is 0 Å². The van der Waals surface area contributed by atoms with E-state index in [1.165, 1.54) is 0 Å². The molecule has 96 valence electrons. The third-order valence-corrected chi connectivity index (χ3v) is 3.55. The third-order valence-electron chi connectivity index (χ3n) is 3.06. The van der Waals surface area contributed by atoms with Crippen LogP contribution in [0.25, 0.3) is 28.2 Å². The molecule has 6 heteroatoms. The van der Waals surface area contributed by atoms with Gasteiger partial charge in [0.1, 0.15) is 5.69 Å². The molecule has 0 bridgehead atoms. The average Bonchev–Trinajstić information content (AvgIpc) is 2.90. The summed E-state index contributed by atoms with van der Waals surface area (Å²) in [6, 6.07) is 7.71. The molecule has 0 fully saturated rings. The normalized spacial score (nSPS) is 11.2. The third kappa shape index (κ3) is 1.77. The smallest absolute Gasteiger partial charge is 0.234 e. The highest BCUT2D eigenvalue weighted by molar-refractivity contribution is 9.10. The van der Waals surface area contributed by atoms with Gasteiger partial charge in [0.05, 0.1) is 29.1 Å². The molecule has 0 aliphatic carbocycles. The zero-order chi connectivity index (χ0) is 13.5. The fraction of sp³-hybridized carbons (Fsp3) is 0. The van der Waals surface area contributed by atoms with Crippen molar-refractivity contribution in [2.75, 3.05) is 0 Å². The lowest BCUT2D eigenvalue weighted by Gasteiger charge is -2.02. The van der Waals surface area contributed by atoms with E-state index in [2.05, 4.69) is 35.9 Å². The van der Waals surface area contributed by atoms with Crippen molar-refractivity contribution >= 4 is 32.7 Å². The molecule has 0 unspecified atom stereocenters. The number of rotatable bonds is 1. The number of hydrogen-bond donors (Lipinski definition) is 0. The summed E-state index contributed by atoms with van der Waals surface area (Å²) in [6.07, 6.45) is 7.15.